The molecule has 3 N–H and O–H groups in total. The molecule has 1 heterocycles. The van der Waals surface area contributed by atoms with E-state index in [1.807, 2.05) is 0 Å². The summed E-state index contributed by atoms with van der Waals surface area (Å²) in [5.74, 6) is -3.65. The van der Waals surface area contributed by atoms with Gasteiger partial charge in [-0.25, -0.2) is 9.59 Å². The number of aliphatic hydroxyl groups is 1. The Morgan fingerprint density at radius 3 is 1.71 bits per heavy atom. The van der Waals surface area contributed by atoms with E-state index in [9.17, 15) is 0 Å². The molecule has 0 aromatic rings. The van der Waals surface area contributed by atoms with Crippen LogP contribution >= 0.6 is 0 Å². The third kappa shape index (κ3) is 3.31. The first-order valence-corrected chi connectivity index (χ1v) is 4.39. The molecule has 0 bridgehead atoms. The Balaban J connectivity index is 0.000000149. The van der Waals surface area contributed by atoms with Gasteiger partial charge >= 0.3 is 11.9 Å². The number of rotatable bonds is 1. The van der Waals surface area contributed by atoms with Gasteiger partial charge < -0.3 is 15.3 Å². The molecular weight excluding hydrogens is 190 g/mol. The lowest BCUT2D eigenvalue weighted by molar-refractivity contribution is -0.159. The number of carboxylic acid groups (broad SMARTS) is 2. The molecule has 0 radical (unpaired) electrons. The van der Waals surface area contributed by atoms with Crippen LogP contribution in [-0.4, -0.2) is 57.4 Å². The molecule has 6 heteroatoms. The summed E-state index contributed by atoms with van der Waals surface area (Å²) in [5, 5.41) is 23.6. The lowest BCUT2D eigenvalue weighted by Crippen LogP contribution is -2.51. The molecule has 2 aliphatic rings. The van der Waals surface area contributed by atoms with Crippen molar-refractivity contribution in [3.63, 3.8) is 0 Å². The summed E-state index contributed by atoms with van der Waals surface area (Å²) in [4.78, 5) is 20.6. The minimum Gasteiger partial charge on any atom is -0.473 e. The third-order valence-corrected chi connectivity index (χ3v) is 2.14. The summed E-state index contributed by atoms with van der Waals surface area (Å²) < 4.78 is 0. The first-order chi connectivity index (χ1) is 6.50. The van der Waals surface area contributed by atoms with Crippen molar-refractivity contribution >= 4 is 11.9 Å². The summed E-state index contributed by atoms with van der Waals surface area (Å²) in [6, 6.07) is 0.860. The van der Waals surface area contributed by atoms with Gasteiger partial charge in [-0.15, -0.1) is 0 Å². The van der Waals surface area contributed by atoms with E-state index in [2.05, 4.69) is 4.90 Å². The van der Waals surface area contributed by atoms with Crippen LogP contribution < -0.4 is 0 Å². The van der Waals surface area contributed by atoms with Gasteiger partial charge in [0, 0.05) is 19.1 Å². The van der Waals surface area contributed by atoms with Gasteiger partial charge in [0.25, 0.3) is 0 Å². The van der Waals surface area contributed by atoms with E-state index in [-0.39, 0.29) is 6.10 Å². The van der Waals surface area contributed by atoms with Crippen LogP contribution in [0, 0.1) is 0 Å². The first-order valence-electron chi connectivity index (χ1n) is 4.39. The zero-order valence-corrected chi connectivity index (χ0v) is 7.59. The molecule has 2 rings (SSSR count). The highest BCUT2D eigenvalue weighted by Crippen LogP contribution is 2.30. The predicted molar refractivity (Wildman–Crippen MR) is 45.9 cm³/mol. The van der Waals surface area contributed by atoms with E-state index >= 15 is 0 Å². The lowest BCUT2D eigenvalue weighted by Gasteiger charge is -2.35. The summed E-state index contributed by atoms with van der Waals surface area (Å²) in [6.45, 7) is 1.87. The van der Waals surface area contributed by atoms with Gasteiger partial charge in [-0.3, -0.25) is 4.90 Å². The Hall–Kier alpha value is -1.14. The Labute approximate surface area is 80.8 Å². The van der Waals surface area contributed by atoms with Gasteiger partial charge in [0.15, 0.2) is 0 Å². The fourth-order valence-corrected chi connectivity index (χ4v) is 1.23. The minimum absolute atomic E-state index is 0.00407. The third-order valence-electron chi connectivity index (χ3n) is 2.14. The van der Waals surface area contributed by atoms with Gasteiger partial charge in [0.2, 0.25) is 0 Å². The molecule has 0 aromatic heterocycles. The van der Waals surface area contributed by atoms with E-state index in [4.69, 9.17) is 24.9 Å². The molecule has 0 aromatic carbocycles. The molecule has 80 valence electrons. The van der Waals surface area contributed by atoms with Crippen LogP contribution in [0.1, 0.15) is 12.8 Å². The van der Waals surface area contributed by atoms with E-state index in [0.717, 1.165) is 19.1 Å². The fraction of sp³-hybridized carbons (Fsp3) is 0.750. The first kappa shape index (κ1) is 10.9. The molecular formula is C8H13NO5. The average molecular weight is 203 g/mol. The second-order valence-electron chi connectivity index (χ2n) is 3.45. The summed E-state index contributed by atoms with van der Waals surface area (Å²) >= 11 is 0. The fourth-order valence-electron chi connectivity index (χ4n) is 1.23. The monoisotopic (exact) mass is 203 g/mol. The van der Waals surface area contributed by atoms with Crippen molar-refractivity contribution in [3.8, 4) is 0 Å². The number of aliphatic hydroxyl groups excluding tert-OH is 1. The van der Waals surface area contributed by atoms with E-state index in [0.29, 0.717) is 0 Å². The molecule has 1 aliphatic heterocycles. The number of β-amino-alcohol motifs (C(OH)–C–C–N with tert-alkyl or cyclic N) is 1. The number of carbonyl (C=O) groups is 2. The number of aliphatic carboxylic acids is 2. The van der Waals surface area contributed by atoms with Gasteiger partial charge in [-0.1, -0.05) is 0 Å². The van der Waals surface area contributed by atoms with E-state index in [1.165, 1.54) is 12.8 Å². The minimum atomic E-state index is -1.82. The number of nitrogens with zero attached hydrogens (tertiary/aromatic N) is 1. The summed E-state index contributed by atoms with van der Waals surface area (Å²) in [6.07, 6.45) is 2.73. The van der Waals surface area contributed by atoms with E-state index < -0.39 is 11.9 Å². The van der Waals surface area contributed by atoms with Crippen molar-refractivity contribution < 1.29 is 24.9 Å². The van der Waals surface area contributed by atoms with Crippen LogP contribution in [0.4, 0.5) is 0 Å². The lowest BCUT2D eigenvalue weighted by atomic mass is 10.2. The van der Waals surface area contributed by atoms with E-state index in [1.54, 1.807) is 0 Å². The normalized spacial score (nSPS) is 21.8. The second kappa shape index (κ2) is 4.39. The van der Waals surface area contributed by atoms with Gasteiger partial charge in [0.1, 0.15) is 0 Å². The van der Waals surface area contributed by atoms with Crippen LogP contribution in [0.2, 0.25) is 0 Å². The predicted octanol–water partition coefficient (Wildman–Crippen LogP) is -1.02. The van der Waals surface area contributed by atoms with Crippen LogP contribution in [0.15, 0.2) is 0 Å². The summed E-state index contributed by atoms with van der Waals surface area (Å²) in [5.41, 5.74) is 0. The Kier molecular flexibility index (Phi) is 3.43. The SMILES string of the molecule is O=C(O)C(=O)O.OC1CN(C2CC2)C1. The smallest absolute Gasteiger partial charge is 0.414 e. The molecule has 1 saturated heterocycles. The van der Waals surface area contributed by atoms with Crippen molar-refractivity contribution in [1.29, 1.82) is 0 Å². The Morgan fingerprint density at radius 2 is 1.50 bits per heavy atom. The number of likely N-dealkylation sites (tertiary alicyclic amines) is 1. The van der Waals surface area contributed by atoms with Crippen molar-refractivity contribution in [2.75, 3.05) is 13.1 Å². The van der Waals surface area contributed by atoms with Gasteiger partial charge in [-0.2, -0.15) is 0 Å². The maximum Gasteiger partial charge on any atom is 0.414 e. The standard InChI is InChI=1S/C6H11NO.C2H2O4/c8-6-3-7(4-6)5-1-2-5;3-1(4)2(5)6/h5-6,8H,1-4H2;(H,3,4)(H,5,6). The highest BCUT2D eigenvalue weighted by atomic mass is 16.4. The molecule has 1 aliphatic carbocycles. The molecule has 6 nitrogen and oxygen atoms in total. The van der Waals surface area contributed by atoms with Crippen LogP contribution in [-0.2, 0) is 9.59 Å². The molecule has 0 amide bonds. The molecule has 0 spiro atoms. The van der Waals surface area contributed by atoms with Crippen molar-refractivity contribution in [2.45, 2.75) is 25.0 Å². The number of hydrogen-bond acceptors (Lipinski definition) is 4. The highest BCUT2D eigenvalue weighted by Gasteiger charge is 2.36. The van der Waals surface area contributed by atoms with Crippen LogP contribution in [0.25, 0.3) is 0 Å². The van der Waals surface area contributed by atoms with Crippen molar-refractivity contribution in [3.05, 3.63) is 0 Å². The molecule has 14 heavy (non-hydrogen) atoms. The number of hydrogen-bond donors (Lipinski definition) is 3. The van der Waals surface area contributed by atoms with Gasteiger partial charge in [0.05, 0.1) is 6.10 Å². The topological polar surface area (TPSA) is 98.1 Å². The molecule has 2 fully saturated rings. The van der Waals surface area contributed by atoms with Gasteiger partial charge in [-0.05, 0) is 12.8 Å². The zero-order chi connectivity index (χ0) is 10.7. The largest absolute Gasteiger partial charge is 0.473 e. The zero-order valence-electron chi connectivity index (χ0n) is 7.59. The van der Waals surface area contributed by atoms with Crippen LogP contribution in [0.3, 0.4) is 0 Å². The molecule has 0 atom stereocenters. The molecule has 1 saturated carbocycles. The molecule has 0 unspecified atom stereocenters. The number of carboxylic acids is 2. The highest BCUT2D eigenvalue weighted by molar-refractivity contribution is 6.27. The Morgan fingerprint density at radius 1 is 1.07 bits per heavy atom. The van der Waals surface area contributed by atoms with Crippen LogP contribution in [0.5, 0.6) is 0 Å². The van der Waals surface area contributed by atoms with Crippen molar-refractivity contribution in [1.82, 2.24) is 4.90 Å². The quantitative estimate of drug-likeness (QED) is 0.472. The second-order valence-corrected chi connectivity index (χ2v) is 3.45. The maximum absolute atomic E-state index is 9.10. The summed E-state index contributed by atoms with van der Waals surface area (Å²) in [7, 11) is 0. The maximum atomic E-state index is 9.10. The van der Waals surface area contributed by atoms with Crippen molar-refractivity contribution in [2.24, 2.45) is 0 Å². The Bertz CT molecular complexity index is 220. The average Bonchev–Trinajstić information content (AvgIpc) is 2.82.